The van der Waals surface area contributed by atoms with Crippen LogP contribution >= 0.6 is 0 Å². The van der Waals surface area contributed by atoms with Crippen LogP contribution in [0, 0.1) is 0 Å². The van der Waals surface area contributed by atoms with Gasteiger partial charge >= 0.3 is 5.97 Å². The number of methoxy groups -OCH3 is 1. The van der Waals surface area contributed by atoms with Crippen molar-refractivity contribution in [3.63, 3.8) is 0 Å². The number of ether oxygens (including phenoxy) is 2. The zero-order valence-corrected chi connectivity index (χ0v) is 80.9. The van der Waals surface area contributed by atoms with Crippen LogP contribution in [-0.4, -0.2) is 288 Å². The summed E-state index contributed by atoms with van der Waals surface area (Å²) in [5, 5.41) is 54.3. The third-order valence-corrected chi connectivity index (χ3v) is 22.3. The van der Waals surface area contributed by atoms with Gasteiger partial charge in [-0.3, -0.25) is 81.5 Å². The van der Waals surface area contributed by atoms with Crippen molar-refractivity contribution in [3.05, 3.63) is 211 Å². The van der Waals surface area contributed by atoms with E-state index < -0.39 is 5.97 Å². The molecule has 0 saturated heterocycles. The fraction of sp³-hybridized carbons (Fsp3) is 0.353. The van der Waals surface area contributed by atoms with Gasteiger partial charge in [0, 0.05) is 105 Å². The highest BCUT2D eigenvalue weighted by atomic mass is 16.5. The molecule has 41 nitrogen and oxygen atoms in total. The lowest BCUT2D eigenvalue weighted by molar-refractivity contribution is -0.142. The fourth-order valence-corrected chi connectivity index (χ4v) is 15.3. The number of hydrogen-bond acceptors (Lipinski definition) is 26. The van der Waals surface area contributed by atoms with Crippen LogP contribution in [0.3, 0.4) is 0 Å². The van der Waals surface area contributed by atoms with E-state index in [1.165, 1.54) is 36.3 Å². The van der Waals surface area contributed by atoms with Crippen molar-refractivity contribution >= 4 is 180 Å². The molecule has 8 heterocycles. The minimum Gasteiger partial charge on any atom is -0.484 e. The van der Waals surface area contributed by atoms with Gasteiger partial charge in [0.05, 0.1) is 139 Å². The lowest BCUT2D eigenvalue weighted by Crippen LogP contribution is -2.43. The molecule has 8 aromatic carbocycles. The van der Waals surface area contributed by atoms with Crippen molar-refractivity contribution < 1.29 is 111 Å². The Morgan fingerprint density at radius 3 is 1.22 bits per heavy atom. The number of aliphatic hydroxyl groups is 4. The Hall–Kier alpha value is -15.8. The molecule has 8 aliphatic heterocycles. The first-order valence-electron chi connectivity index (χ1n) is 46.4. The zero-order chi connectivity index (χ0) is 104. The van der Waals surface area contributed by atoms with Crippen LogP contribution in [0.1, 0.15) is 99.5 Å². The highest BCUT2D eigenvalue weighted by molar-refractivity contribution is 6.16. The standard InChI is InChI=1S/C13H15N3O3.C13H17N3O3.C13H17N3O2.C13H14N2O4.C13H16N2O3.C13H16N2O2.C13H15NO3.C11H12N2O3/c1-15(2)12(18)7-13(19)16-8-11(17)14-9-5-3-4-6-10(9)16;17-8-7-14-6-5-13(19)16-9-12(18)15-10-3-1-2-4-11(10)16;1-15(2)8-7-13(18)16-9-12(17)14-10-5-3-4-6-11(10)16;1-9(16)19-7-6-13(18)15-8-12(17)14-10-4-2-3-5-11(10)15;1-18-12-6-8-15(13(17)7-9-16)11-5-3-2-4-10(11)14-12;1-2-5-12(16)15-9-8-14-13(17)10-6-3-4-7-11(10)15;15-6-5-13(17)14-8-11-4-2-1-3-10(11)7-12(16)9-14;14-6-5-11(16)13-7-10(15)12-8-3-1-2-4-9(8)13/h3-6H,7-8H2,1-2H3,(H,14,17);1-4,14,17H,5-9H2,(H,15,18);3-6H,7-9H2,1-2H3,(H,14,17);2-5H,6-8H2,1H3,(H,14,17);2-5,16H,6-9H2,1H3;3-4,6-7H,2,5,8-9H2,1H3,(H,14,17);1-4,15H,5-9H2;1-4,14H,5-7H2,(H,12,15). The number of para-hydroxylation sites is 13. The summed E-state index contributed by atoms with van der Waals surface area (Å²) in [6, 6.07) is 58.1. The molecule has 0 fully saturated rings. The molecule has 0 unspecified atom stereocenters. The van der Waals surface area contributed by atoms with E-state index in [1.54, 1.807) is 127 Å². The van der Waals surface area contributed by atoms with Gasteiger partial charge in [-0.05, 0) is 117 Å². The molecule has 8 aromatic rings. The Bertz CT molecular complexity index is 5910. The summed E-state index contributed by atoms with van der Waals surface area (Å²) in [6.07, 6.45) is 3.04. The Balaban J connectivity index is 0.000000182. The number of Topliss-reactive ketones (excluding diaryl/α,β-unsaturated/α-hetero) is 1. The minimum absolute atomic E-state index is 0.00977. The van der Waals surface area contributed by atoms with Crippen LogP contribution in [0.5, 0.6) is 0 Å². The smallest absolute Gasteiger partial charge is 0.302 e. The Morgan fingerprint density at radius 1 is 0.399 bits per heavy atom. The summed E-state index contributed by atoms with van der Waals surface area (Å²) in [4.78, 5) is 219. The second-order valence-electron chi connectivity index (χ2n) is 33.3. The number of rotatable bonds is 21. The quantitative estimate of drug-likeness (QED) is 0.0218. The average Bonchev–Trinajstić information content (AvgIpc) is 1.67. The van der Waals surface area contributed by atoms with E-state index >= 15 is 0 Å². The van der Waals surface area contributed by atoms with Gasteiger partial charge in [0.25, 0.3) is 5.91 Å². The van der Waals surface area contributed by atoms with Crippen molar-refractivity contribution in [1.82, 2.24) is 25.3 Å². The molecular formula is C102H122N18O23. The maximum Gasteiger partial charge on any atom is 0.302 e. The zero-order valence-electron chi connectivity index (χ0n) is 80.9. The number of carbonyl (C=O) groups is 17. The van der Waals surface area contributed by atoms with Gasteiger partial charge in [-0.1, -0.05) is 116 Å². The first kappa shape index (κ1) is 111. The van der Waals surface area contributed by atoms with Crippen LogP contribution in [0.15, 0.2) is 199 Å². The minimum atomic E-state index is -0.426. The highest BCUT2D eigenvalue weighted by Crippen LogP contribution is 2.37. The molecule has 11 N–H and O–H groups in total. The van der Waals surface area contributed by atoms with Crippen molar-refractivity contribution in [2.75, 3.05) is 208 Å². The van der Waals surface area contributed by atoms with E-state index in [4.69, 9.17) is 29.9 Å². The fourth-order valence-electron chi connectivity index (χ4n) is 15.3. The molecule has 0 aliphatic carbocycles. The SMILES string of the molecule is CC(=O)OCCC(=O)N1CC(=O)Nc2ccccc21.CCCC(=O)N1CCNC(=O)c2ccccc21.CN(C)C(=O)CC(=O)N1CC(=O)Nc2ccccc21.CN(C)CCC(=O)N1CC(=O)Nc2ccccc21.COC1=Nc2ccccc2N(C(=O)CCO)CC1.O=C1CN(C(=O)CCNCCO)c2ccccc2N1.O=C1CN(C(=O)CCO)c2ccccc2N1.O=C1Cc2ccccc2CN(C(=O)CCO)C1. The molecule has 0 bridgehead atoms. The number of hydrogen-bond donors (Lipinski definition) is 11. The van der Waals surface area contributed by atoms with Gasteiger partial charge in [0.2, 0.25) is 82.7 Å². The van der Waals surface area contributed by atoms with E-state index in [-0.39, 0.29) is 199 Å². The molecule has 0 radical (unpaired) electrons. The van der Waals surface area contributed by atoms with E-state index in [0.717, 1.165) is 46.0 Å². The summed E-state index contributed by atoms with van der Waals surface area (Å²) in [6.45, 7) is 6.68. The molecular weight excluding hydrogens is 1850 g/mol. The average molecular weight is 1970 g/mol. The Labute approximate surface area is 827 Å². The van der Waals surface area contributed by atoms with Gasteiger partial charge in [0.1, 0.15) is 45.8 Å². The molecule has 0 atom stereocenters. The number of nitrogens with one attached hydrogen (secondary N) is 7. The lowest BCUT2D eigenvalue weighted by Gasteiger charge is -2.29. The number of esters is 1. The Kier molecular flexibility index (Phi) is 43.7. The largest absolute Gasteiger partial charge is 0.484 e. The number of aliphatic imine (C=N–C) groups is 1. The number of fused-ring (bicyclic) bond motifs is 8. The van der Waals surface area contributed by atoms with Crippen molar-refractivity contribution in [2.24, 2.45) is 4.99 Å². The van der Waals surface area contributed by atoms with E-state index in [0.29, 0.717) is 135 Å². The molecule has 41 heteroatoms. The Morgan fingerprint density at radius 2 is 0.783 bits per heavy atom. The molecule has 143 heavy (non-hydrogen) atoms. The monoisotopic (exact) mass is 1970 g/mol. The van der Waals surface area contributed by atoms with Gasteiger partial charge < -0.3 is 116 Å². The van der Waals surface area contributed by atoms with Gasteiger partial charge in [-0.2, -0.15) is 0 Å². The third kappa shape index (κ3) is 33.2. The maximum atomic E-state index is 12.1. The second-order valence-corrected chi connectivity index (χ2v) is 33.3. The normalized spacial score (nSPS) is 14.3. The number of aliphatic hydroxyl groups excluding tert-OH is 4. The molecule has 0 spiro atoms. The highest BCUT2D eigenvalue weighted by Gasteiger charge is 2.34. The lowest BCUT2D eigenvalue weighted by atomic mass is 10.0. The van der Waals surface area contributed by atoms with Crippen LogP contribution in [-0.2, 0) is 99.2 Å². The van der Waals surface area contributed by atoms with Crippen molar-refractivity contribution in [3.8, 4) is 0 Å². The number of ketones is 1. The molecule has 16 rings (SSSR count). The summed E-state index contributed by atoms with van der Waals surface area (Å²) >= 11 is 0. The van der Waals surface area contributed by atoms with E-state index in [9.17, 15) is 81.5 Å². The number of nitrogens with zero attached hydrogens (tertiary/aromatic N) is 11. The van der Waals surface area contributed by atoms with Gasteiger partial charge in [0.15, 0.2) is 11.7 Å². The molecule has 0 aromatic heterocycles. The summed E-state index contributed by atoms with van der Waals surface area (Å²) in [5.74, 6) is -2.39. The van der Waals surface area contributed by atoms with Crippen LogP contribution in [0.25, 0.3) is 0 Å². The first-order valence-corrected chi connectivity index (χ1v) is 46.4. The summed E-state index contributed by atoms with van der Waals surface area (Å²) < 4.78 is 9.91. The van der Waals surface area contributed by atoms with E-state index in [1.807, 2.05) is 129 Å². The number of amides is 15. The molecule has 15 amide bonds. The molecule has 758 valence electrons. The maximum absolute atomic E-state index is 12.1. The topological polar surface area (TPSA) is 519 Å². The van der Waals surface area contributed by atoms with Crippen LogP contribution in [0.2, 0.25) is 0 Å². The van der Waals surface area contributed by atoms with Crippen molar-refractivity contribution in [1.29, 1.82) is 0 Å². The molecule has 8 aliphatic rings. The van der Waals surface area contributed by atoms with Gasteiger partial charge in [-0.15, -0.1) is 0 Å². The molecule has 0 saturated carbocycles. The second kappa shape index (κ2) is 56.4. The van der Waals surface area contributed by atoms with Crippen LogP contribution < -0.4 is 71.5 Å². The predicted molar refractivity (Wildman–Crippen MR) is 539 cm³/mol. The predicted octanol–water partition coefficient (Wildman–Crippen LogP) is 6.16. The number of anilines is 12. The van der Waals surface area contributed by atoms with Crippen LogP contribution in [0.4, 0.5) is 73.9 Å². The van der Waals surface area contributed by atoms with Gasteiger partial charge in [-0.25, -0.2) is 4.99 Å². The number of benzene rings is 8. The number of carbonyl (C=O) groups excluding carboxylic acids is 17. The van der Waals surface area contributed by atoms with Crippen molar-refractivity contribution in [2.45, 2.75) is 91.0 Å². The summed E-state index contributed by atoms with van der Waals surface area (Å²) in [5.41, 5.74) is 11.5. The third-order valence-electron chi connectivity index (χ3n) is 22.3. The summed E-state index contributed by atoms with van der Waals surface area (Å²) in [7, 11) is 8.60. The van der Waals surface area contributed by atoms with E-state index in [2.05, 4.69) is 42.2 Å². The first-order chi connectivity index (χ1) is 68.8.